The molecule has 0 radical (unpaired) electrons. The number of hydrazine groups is 1. The molecule has 2 unspecified atom stereocenters. The molecule has 2 N–H and O–H groups in total. The molecule has 8 heteroatoms. The molecule has 2 heterocycles. The number of likely N-dealkylation sites (tertiary alicyclic amines) is 1. The number of hydrogen-bond donors (Lipinski definition) is 2. The second kappa shape index (κ2) is 11.4. The van der Waals surface area contributed by atoms with Crippen molar-refractivity contribution in [1.29, 1.82) is 5.26 Å². The van der Waals surface area contributed by atoms with E-state index in [4.69, 9.17) is 16.7 Å². The summed E-state index contributed by atoms with van der Waals surface area (Å²) in [6, 6.07) is 14.0. The van der Waals surface area contributed by atoms with E-state index in [1.807, 2.05) is 29.3 Å². The highest BCUT2D eigenvalue weighted by Gasteiger charge is 2.42. The minimum atomic E-state index is -0.157. The van der Waals surface area contributed by atoms with Crippen LogP contribution in [0.3, 0.4) is 0 Å². The molecule has 6 nitrogen and oxygen atoms in total. The third-order valence-electron chi connectivity index (χ3n) is 8.07. The lowest BCUT2D eigenvalue weighted by molar-refractivity contribution is 0.340. The van der Waals surface area contributed by atoms with Gasteiger partial charge < -0.3 is 10.3 Å². The molecule has 0 spiro atoms. The Morgan fingerprint density at radius 3 is 2.82 bits per heavy atom. The molecule has 0 amide bonds. The molecule has 0 bridgehead atoms. The fourth-order valence-electron chi connectivity index (χ4n) is 6.07. The summed E-state index contributed by atoms with van der Waals surface area (Å²) in [5, 5.41) is 17.0. The summed E-state index contributed by atoms with van der Waals surface area (Å²) in [6.45, 7) is 4.30. The van der Waals surface area contributed by atoms with Crippen LogP contribution in [0.2, 0.25) is 5.02 Å². The summed E-state index contributed by atoms with van der Waals surface area (Å²) in [4.78, 5) is 2.49. The first-order chi connectivity index (χ1) is 19.1. The van der Waals surface area contributed by atoms with Gasteiger partial charge in [0.25, 0.3) is 0 Å². The molecule has 2 aromatic rings. The topological polar surface area (TPSA) is 66.7 Å². The molecular weight excluding hydrogens is 511 g/mol. The van der Waals surface area contributed by atoms with Crippen molar-refractivity contribution in [3.63, 3.8) is 0 Å². The average molecular weight is 543 g/mol. The Morgan fingerprint density at radius 2 is 2.00 bits per heavy atom. The number of anilines is 2. The minimum Gasteiger partial charge on any atom is -0.321 e. The third-order valence-corrected chi connectivity index (χ3v) is 8.38. The summed E-state index contributed by atoms with van der Waals surface area (Å²) < 4.78 is 14.1. The van der Waals surface area contributed by atoms with Gasteiger partial charge in [-0.25, -0.2) is 9.82 Å². The van der Waals surface area contributed by atoms with Crippen LogP contribution in [-0.4, -0.2) is 42.8 Å². The van der Waals surface area contributed by atoms with Crippen LogP contribution >= 0.6 is 11.6 Å². The van der Waals surface area contributed by atoms with Crippen molar-refractivity contribution >= 4 is 28.7 Å². The van der Waals surface area contributed by atoms with Gasteiger partial charge in [-0.05, 0) is 86.3 Å². The predicted molar refractivity (Wildman–Crippen MR) is 156 cm³/mol. The van der Waals surface area contributed by atoms with Crippen molar-refractivity contribution in [2.75, 3.05) is 36.6 Å². The zero-order valence-electron chi connectivity index (χ0n) is 21.8. The number of rotatable bonds is 7. The van der Waals surface area contributed by atoms with Gasteiger partial charge in [0.05, 0.1) is 28.0 Å². The Balaban J connectivity index is 1.31. The highest BCUT2D eigenvalue weighted by molar-refractivity contribution is 6.32. The Bertz CT molecular complexity index is 1410. The Kier molecular flexibility index (Phi) is 7.51. The SMILES string of the molecule is N#Cc1ccc(N2N=C3c4cc(NNCCN5CCCC5)ccc4CCC3C2C2=CC=C(F)CC=C2)cc1Cl. The van der Waals surface area contributed by atoms with Gasteiger partial charge in [-0.2, -0.15) is 10.4 Å². The molecule has 1 saturated heterocycles. The molecule has 2 aromatic carbocycles. The number of nitrogens with one attached hydrogen (secondary N) is 2. The molecule has 2 atom stereocenters. The van der Waals surface area contributed by atoms with Crippen LogP contribution in [0.1, 0.15) is 42.4 Å². The smallest absolute Gasteiger partial charge is 0.104 e. The number of halogens is 2. The summed E-state index contributed by atoms with van der Waals surface area (Å²) in [5.41, 5.74) is 13.5. The molecule has 1 fully saturated rings. The lowest BCUT2D eigenvalue weighted by Gasteiger charge is -2.31. The van der Waals surface area contributed by atoms with Crippen LogP contribution in [0.4, 0.5) is 15.8 Å². The fraction of sp³-hybridized carbons (Fsp3) is 0.355. The standard InChI is InChI=1S/C31H32ClFN6/c32-29-19-26(12-8-23(29)20-34)39-31(22-4-3-5-24(33)10-6-22)27-13-9-21-7-11-25(18-28(21)30(27)37-39)36-35-14-17-38-15-1-2-16-38/h3-4,6-8,10-12,18-19,27,31,35-36H,1-2,5,9,13-17H2. The number of hydrogen-bond acceptors (Lipinski definition) is 6. The third kappa shape index (κ3) is 5.38. The number of nitrogens with zero attached hydrogens (tertiary/aromatic N) is 4. The van der Waals surface area contributed by atoms with E-state index in [9.17, 15) is 9.65 Å². The second-order valence-corrected chi connectivity index (χ2v) is 11.0. The van der Waals surface area contributed by atoms with Crippen molar-refractivity contribution in [1.82, 2.24) is 10.3 Å². The van der Waals surface area contributed by atoms with E-state index in [1.165, 1.54) is 31.5 Å². The molecule has 39 heavy (non-hydrogen) atoms. The van der Waals surface area contributed by atoms with Crippen LogP contribution in [0, 0.1) is 17.2 Å². The summed E-state index contributed by atoms with van der Waals surface area (Å²) in [7, 11) is 0. The number of fused-ring (bicyclic) bond motifs is 3. The van der Waals surface area contributed by atoms with Crippen molar-refractivity contribution < 1.29 is 4.39 Å². The van der Waals surface area contributed by atoms with E-state index in [1.54, 1.807) is 18.2 Å². The lowest BCUT2D eigenvalue weighted by atomic mass is 9.77. The lowest BCUT2D eigenvalue weighted by Crippen LogP contribution is -2.37. The monoisotopic (exact) mass is 542 g/mol. The van der Waals surface area contributed by atoms with Crippen molar-refractivity contribution in [3.05, 3.63) is 93.8 Å². The van der Waals surface area contributed by atoms with E-state index >= 15 is 0 Å². The number of aryl methyl sites for hydroxylation is 1. The maximum atomic E-state index is 14.1. The van der Waals surface area contributed by atoms with Gasteiger partial charge >= 0.3 is 0 Å². The van der Waals surface area contributed by atoms with Crippen LogP contribution in [0.15, 0.2) is 77.2 Å². The number of allylic oxidation sites excluding steroid dienone is 4. The first kappa shape index (κ1) is 25.8. The number of hydrazone groups is 1. The van der Waals surface area contributed by atoms with E-state index in [-0.39, 0.29) is 24.2 Å². The maximum absolute atomic E-state index is 14.1. The van der Waals surface area contributed by atoms with Gasteiger partial charge in [-0.15, -0.1) is 0 Å². The Hall–Kier alpha value is -3.44. The Labute approximate surface area is 234 Å². The number of nitriles is 1. The molecule has 2 aliphatic heterocycles. The van der Waals surface area contributed by atoms with Crippen molar-refractivity contribution in [3.8, 4) is 6.07 Å². The van der Waals surface area contributed by atoms with Gasteiger partial charge in [0.1, 0.15) is 11.9 Å². The largest absolute Gasteiger partial charge is 0.321 e. The highest BCUT2D eigenvalue weighted by Crippen LogP contribution is 2.42. The first-order valence-electron chi connectivity index (χ1n) is 13.8. The summed E-state index contributed by atoms with van der Waals surface area (Å²) in [5.74, 6) is -0.0222. The molecular formula is C31H32ClFN6. The zero-order chi connectivity index (χ0) is 26.8. The van der Waals surface area contributed by atoms with Crippen LogP contribution in [-0.2, 0) is 6.42 Å². The fourth-order valence-corrected chi connectivity index (χ4v) is 6.29. The van der Waals surface area contributed by atoms with Crippen LogP contribution in [0.25, 0.3) is 0 Å². The van der Waals surface area contributed by atoms with Gasteiger partial charge in [-0.3, -0.25) is 5.01 Å². The van der Waals surface area contributed by atoms with E-state index < -0.39 is 0 Å². The average Bonchev–Trinajstić information content (AvgIpc) is 3.56. The van der Waals surface area contributed by atoms with Crippen molar-refractivity contribution in [2.24, 2.45) is 11.0 Å². The molecule has 200 valence electrons. The molecule has 0 aromatic heterocycles. The van der Waals surface area contributed by atoms with Gasteiger partial charge in [-0.1, -0.05) is 35.9 Å². The Morgan fingerprint density at radius 1 is 1.13 bits per heavy atom. The van der Waals surface area contributed by atoms with Crippen LogP contribution in [0.5, 0.6) is 0 Å². The molecule has 4 aliphatic rings. The number of benzene rings is 2. The van der Waals surface area contributed by atoms with Gasteiger partial charge in [0.15, 0.2) is 0 Å². The van der Waals surface area contributed by atoms with E-state index in [0.29, 0.717) is 10.6 Å². The summed E-state index contributed by atoms with van der Waals surface area (Å²) >= 11 is 6.44. The summed E-state index contributed by atoms with van der Waals surface area (Å²) in [6.07, 6.45) is 12.1. The normalized spacial score (nSPS) is 22.4. The van der Waals surface area contributed by atoms with Gasteiger partial charge in [0, 0.05) is 36.7 Å². The quantitative estimate of drug-likeness (QED) is 0.326. The van der Waals surface area contributed by atoms with E-state index in [0.717, 1.165) is 54.2 Å². The predicted octanol–water partition coefficient (Wildman–Crippen LogP) is 6.12. The molecule has 2 aliphatic carbocycles. The second-order valence-electron chi connectivity index (χ2n) is 10.6. The van der Waals surface area contributed by atoms with Crippen molar-refractivity contribution in [2.45, 2.75) is 38.1 Å². The molecule has 0 saturated carbocycles. The molecule has 6 rings (SSSR count). The minimum absolute atomic E-state index is 0.106. The van der Waals surface area contributed by atoms with Crippen LogP contribution < -0.4 is 15.9 Å². The highest BCUT2D eigenvalue weighted by atomic mass is 35.5. The maximum Gasteiger partial charge on any atom is 0.104 e. The zero-order valence-corrected chi connectivity index (χ0v) is 22.6. The first-order valence-corrected chi connectivity index (χ1v) is 14.1. The van der Waals surface area contributed by atoms with Gasteiger partial charge in [0.2, 0.25) is 0 Å². The van der Waals surface area contributed by atoms with E-state index in [2.05, 4.69) is 40.0 Å².